The molecule has 5 amide bonds. The van der Waals surface area contributed by atoms with Gasteiger partial charge in [0.15, 0.2) is 11.0 Å². The molecule has 0 saturated carbocycles. The SMILES string of the molecule is CS.NCC(C(=O)NCCC(=O)N1Cc2ccccc2C#Cc2ccccc21)S(=O)(=O)O.O=C(CCSSCCO)CCC(C(=O)CCCC(=O)N1Cc2ccccc2C#Cc2ccccc21)S(=O)(=O)O.O=C(CCSSc1ccccc1)ON1C(=O)CCC1=O.OCCS. The van der Waals surface area contributed by atoms with Crippen LogP contribution in [0.15, 0.2) is 132 Å². The number of anilines is 2. The third-order valence-corrected chi connectivity index (χ3v) is 20.7. The van der Waals surface area contributed by atoms with Crippen molar-refractivity contribution in [1.82, 2.24) is 10.4 Å². The van der Waals surface area contributed by atoms with Crippen molar-refractivity contribution in [3.63, 3.8) is 0 Å². The number of para-hydroxylation sites is 2. The van der Waals surface area contributed by atoms with Gasteiger partial charge in [-0.1, -0.05) is 146 Å². The van der Waals surface area contributed by atoms with Crippen molar-refractivity contribution in [2.45, 2.75) is 92.7 Å². The molecule has 30 heteroatoms. The molecule has 7 N–H and O–H groups in total. The zero-order valence-electron chi connectivity index (χ0n) is 51.8. The molecule has 5 aromatic carbocycles. The van der Waals surface area contributed by atoms with Crippen molar-refractivity contribution in [2.24, 2.45) is 5.73 Å². The van der Waals surface area contributed by atoms with Crippen LogP contribution in [0.3, 0.4) is 0 Å². The van der Waals surface area contributed by atoms with Gasteiger partial charge in [-0.25, -0.2) is 4.79 Å². The molecule has 5 aromatic rings. The molecule has 8 rings (SSSR count). The van der Waals surface area contributed by atoms with Crippen LogP contribution < -0.4 is 20.9 Å². The summed E-state index contributed by atoms with van der Waals surface area (Å²) in [6.07, 6.45) is 1.64. The standard InChI is InChI=1S/C28H31NO7S3.C21H21N3O5S.C13H13NO4S2.C2H6OS.CH4S/c30-17-19-38-37-18-16-24(31)14-15-27(39(34,35)36)26(32)10-5-11-28(33)29-20-23-8-2-1-6-21(23)12-13-22-7-3-4-9-25(22)29;22-13-19(30(27,28)29)21(26)23-12-11-20(25)24-14-17-7-2-1-5-15(17)9-10-16-6-3-4-8-18(16)24;15-11-6-7-12(16)14(11)18-13(17)8-9-19-20-10-4-2-1-3-5-10;3-1-2-4;1-2/h1-4,6-9,27,30H,5,10-11,14-20H2,(H,34,35,36);1-8,19H,11-14,22H2,(H,23,26)(H,27,28,29);1-5H,6-9H2;3-4H,1-2H2;2H,1H3. The first-order valence-corrected chi connectivity index (χ1v) is 38.8. The molecule has 3 aliphatic rings. The lowest BCUT2D eigenvalue weighted by Gasteiger charge is -2.26. The number of nitrogens with zero attached hydrogens (tertiary/aromatic N) is 3. The fourth-order valence-electron chi connectivity index (χ4n) is 8.75. The highest BCUT2D eigenvalue weighted by atomic mass is 33.1. The highest BCUT2D eigenvalue weighted by molar-refractivity contribution is 8.77. The summed E-state index contributed by atoms with van der Waals surface area (Å²) in [5.74, 6) is 10.9. The van der Waals surface area contributed by atoms with E-state index >= 15 is 0 Å². The average Bonchev–Trinajstić information content (AvgIpc) is 1.42. The summed E-state index contributed by atoms with van der Waals surface area (Å²) < 4.78 is 64.9. The van der Waals surface area contributed by atoms with Crippen molar-refractivity contribution in [3.05, 3.63) is 161 Å². The number of hydroxylamine groups is 2. The third kappa shape index (κ3) is 28.2. The number of imide groups is 1. The van der Waals surface area contributed by atoms with Crippen LogP contribution in [-0.2, 0) is 76.5 Å². The molecule has 0 spiro atoms. The Kier molecular flexibility index (Phi) is 37.0. The molecule has 0 bridgehead atoms. The normalized spacial score (nSPS) is 13.2. The second kappa shape index (κ2) is 43.5. The Balaban J connectivity index is 0.000000303. The number of carbonyl (C=O) groups is 8. The molecule has 2 unspecified atom stereocenters. The summed E-state index contributed by atoms with van der Waals surface area (Å²) in [6.45, 7) is 0.183. The van der Waals surface area contributed by atoms with Gasteiger partial charge in [0.2, 0.25) is 17.7 Å². The van der Waals surface area contributed by atoms with E-state index in [2.05, 4.69) is 54.3 Å². The molecular weight excluding hydrogens is 1380 g/mol. The summed E-state index contributed by atoms with van der Waals surface area (Å²) in [5.41, 5.74) is 11.4. The van der Waals surface area contributed by atoms with Crippen LogP contribution in [0.1, 0.15) is 97.6 Å². The Morgan fingerprint density at radius 2 is 1.05 bits per heavy atom. The van der Waals surface area contributed by atoms with Gasteiger partial charge in [-0.15, -0.1) is 5.06 Å². The van der Waals surface area contributed by atoms with Gasteiger partial charge < -0.3 is 35.9 Å². The second-order valence-corrected chi connectivity index (χ2v) is 28.9. The number of carbonyl (C=O) groups excluding carboxylic acids is 8. The molecular formula is C65H75N5O17S8. The number of aliphatic hydroxyl groups excluding tert-OH is 2. The minimum atomic E-state index is -4.70. The van der Waals surface area contributed by atoms with Gasteiger partial charge in [0.1, 0.15) is 11.0 Å². The van der Waals surface area contributed by atoms with Crippen molar-refractivity contribution in [1.29, 1.82) is 0 Å². The number of thiol groups is 2. The predicted molar refractivity (Wildman–Crippen MR) is 380 cm³/mol. The number of Topliss-reactive ketones (excluding diaryl/α,β-unsaturated/α-hetero) is 2. The summed E-state index contributed by atoms with van der Waals surface area (Å²) in [5, 5.41) is 16.0. The minimum Gasteiger partial charge on any atom is -0.396 e. The average molecular weight is 1450 g/mol. The number of nitrogens with two attached hydrogens (primary N) is 1. The molecule has 2 atom stereocenters. The van der Waals surface area contributed by atoms with E-state index in [1.807, 2.05) is 121 Å². The number of ketones is 2. The van der Waals surface area contributed by atoms with Gasteiger partial charge in [0.25, 0.3) is 32.1 Å². The highest BCUT2D eigenvalue weighted by Crippen LogP contribution is 2.32. The van der Waals surface area contributed by atoms with Crippen LogP contribution >= 0.6 is 68.4 Å². The zero-order valence-corrected chi connectivity index (χ0v) is 58.5. The first-order valence-electron chi connectivity index (χ1n) is 29.5. The van der Waals surface area contributed by atoms with Crippen molar-refractivity contribution < 1.29 is 79.3 Å². The summed E-state index contributed by atoms with van der Waals surface area (Å²) in [7, 11) is -3.36. The van der Waals surface area contributed by atoms with Crippen LogP contribution in [0.25, 0.3) is 0 Å². The zero-order chi connectivity index (χ0) is 69.8. The van der Waals surface area contributed by atoms with Gasteiger partial charge >= 0.3 is 5.97 Å². The molecule has 1 fully saturated rings. The Labute approximate surface area is 580 Å². The van der Waals surface area contributed by atoms with Crippen LogP contribution in [0.4, 0.5) is 11.4 Å². The molecule has 510 valence electrons. The molecule has 22 nitrogen and oxygen atoms in total. The fourth-order valence-corrected chi connectivity index (χ4v) is 14.0. The molecule has 3 aliphatic heterocycles. The fraction of sp³-hybridized carbons (Fsp3) is 0.354. The van der Waals surface area contributed by atoms with E-state index in [1.54, 1.807) is 32.9 Å². The Bertz CT molecular complexity index is 3750. The second-order valence-electron chi connectivity index (χ2n) is 20.1. The van der Waals surface area contributed by atoms with E-state index in [0.29, 0.717) is 63.7 Å². The number of amides is 5. The van der Waals surface area contributed by atoms with E-state index in [0.717, 1.165) is 27.1 Å². The number of benzene rings is 5. The number of aliphatic hydroxyl groups is 2. The number of fused-ring (bicyclic) bond motifs is 4. The lowest BCUT2D eigenvalue weighted by atomic mass is 10.0. The number of nitrogens with one attached hydrogen (secondary N) is 1. The van der Waals surface area contributed by atoms with E-state index in [9.17, 15) is 59.7 Å². The van der Waals surface area contributed by atoms with Crippen LogP contribution in [-0.4, -0.2) is 154 Å². The van der Waals surface area contributed by atoms with Gasteiger partial charge in [-0.2, -0.15) is 42.1 Å². The number of hydrogen-bond acceptors (Lipinski definition) is 22. The highest BCUT2D eigenvalue weighted by Gasteiger charge is 2.34. The monoisotopic (exact) mass is 1450 g/mol. The molecule has 1 saturated heterocycles. The number of hydrogen-bond donors (Lipinski definition) is 8. The van der Waals surface area contributed by atoms with Crippen LogP contribution in [0, 0.1) is 23.7 Å². The molecule has 0 aliphatic carbocycles. The van der Waals surface area contributed by atoms with Crippen LogP contribution in [0.5, 0.6) is 0 Å². The van der Waals surface area contributed by atoms with Crippen molar-refractivity contribution in [2.75, 3.05) is 65.4 Å². The molecule has 3 heterocycles. The van der Waals surface area contributed by atoms with Gasteiger partial charge in [-0.3, -0.25) is 42.7 Å². The first kappa shape index (κ1) is 80.8. The Morgan fingerprint density at radius 1 is 0.589 bits per heavy atom. The van der Waals surface area contributed by atoms with E-state index in [-0.39, 0.29) is 102 Å². The van der Waals surface area contributed by atoms with Gasteiger partial charge in [0, 0.05) is 108 Å². The lowest BCUT2D eigenvalue weighted by molar-refractivity contribution is -0.197. The number of rotatable bonds is 28. The Morgan fingerprint density at radius 3 is 1.56 bits per heavy atom. The Hall–Kier alpha value is -6.62. The van der Waals surface area contributed by atoms with Gasteiger partial charge in [0.05, 0.1) is 44.1 Å². The maximum Gasteiger partial charge on any atom is 0.334 e. The smallest absolute Gasteiger partial charge is 0.334 e. The van der Waals surface area contributed by atoms with Gasteiger partial charge in [-0.05, 0) is 78.8 Å². The van der Waals surface area contributed by atoms with Crippen LogP contribution in [0.2, 0.25) is 0 Å². The quantitative estimate of drug-likeness (QED) is 0.00597. The molecule has 0 aromatic heterocycles. The van der Waals surface area contributed by atoms with E-state index < -0.39 is 66.8 Å². The topological polar surface area (TPSA) is 343 Å². The van der Waals surface area contributed by atoms with Crippen molar-refractivity contribution in [3.8, 4) is 23.7 Å². The van der Waals surface area contributed by atoms with E-state index in [1.165, 1.54) is 32.4 Å². The maximum atomic E-state index is 13.3. The molecule has 0 radical (unpaired) electrons. The largest absolute Gasteiger partial charge is 0.396 e. The third-order valence-electron chi connectivity index (χ3n) is 13.4. The summed E-state index contributed by atoms with van der Waals surface area (Å²) in [4.78, 5) is 106. The van der Waals surface area contributed by atoms with Crippen molar-refractivity contribution >= 4 is 147 Å². The first-order chi connectivity index (χ1) is 45.6. The predicted octanol–water partition coefficient (Wildman–Crippen LogP) is 7.58. The summed E-state index contributed by atoms with van der Waals surface area (Å²) in [6, 6.07) is 39.5. The summed E-state index contributed by atoms with van der Waals surface area (Å²) >= 11 is 7.20. The minimum absolute atomic E-state index is 0.00444. The maximum absolute atomic E-state index is 13.3. The molecule has 95 heavy (non-hydrogen) atoms. The van der Waals surface area contributed by atoms with E-state index in [4.69, 9.17) is 25.3 Å². The lowest BCUT2D eigenvalue weighted by Crippen LogP contribution is -2.45.